The number of nitrogens with one attached hydrogen (secondary N) is 2. The van der Waals surface area contributed by atoms with E-state index >= 15 is 0 Å². The molecule has 1 aromatic heterocycles. The highest BCUT2D eigenvalue weighted by molar-refractivity contribution is 6.04. The molecule has 1 heterocycles. The number of carbonyl (C=O) groups is 1. The second kappa shape index (κ2) is 9.54. The summed E-state index contributed by atoms with van der Waals surface area (Å²) >= 11 is 0. The average molecular weight is 364 g/mol. The van der Waals surface area contributed by atoms with Crippen molar-refractivity contribution in [3.8, 4) is 5.75 Å². The second-order valence-electron chi connectivity index (χ2n) is 6.18. The van der Waals surface area contributed by atoms with Gasteiger partial charge in [0.15, 0.2) is 0 Å². The van der Waals surface area contributed by atoms with Gasteiger partial charge in [-0.1, -0.05) is 12.1 Å². The van der Waals surface area contributed by atoms with Crippen molar-refractivity contribution in [3.05, 3.63) is 78.1 Å². The van der Waals surface area contributed by atoms with E-state index in [0.717, 1.165) is 43.1 Å². The molecule has 3 rings (SSSR count). The van der Waals surface area contributed by atoms with Crippen LogP contribution in [0.3, 0.4) is 0 Å². The van der Waals surface area contributed by atoms with Crippen molar-refractivity contribution in [1.29, 1.82) is 0 Å². The Morgan fingerprint density at radius 3 is 2.74 bits per heavy atom. The molecule has 2 aromatic carbocycles. The van der Waals surface area contributed by atoms with Gasteiger partial charge in [0, 0.05) is 36.7 Å². The average Bonchev–Trinajstić information content (AvgIpc) is 3.21. The van der Waals surface area contributed by atoms with Crippen molar-refractivity contribution in [2.75, 3.05) is 19.0 Å². The van der Waals surface area contributed by atoms with Crippen LogP contribution in [-0.2, 0) is 13.1 Å². The SMILES string of the molecule is COc1ccc(C(=O)Nc2cccc(CNCCCn3cccn3)c2)cc1. The molecule has 6 nitrogen and oxygen atoms in total. The molecule has 0 spiro atoms. The minimum absolute atomic E-state index is 0.137. The Morgan fingerprint density at radius 1 is 1.15 bits per heavy atom. The number of hydrogen-bond acceptors (Lipinski definition) is 4. The van der Waals surface area contributed by atoms with Gasteiger partial charge in [0.1, 0.15) is 5.75 Å². The molecular weight excluding hydrogens is 340 g/mol. The van der Waals surface area contributed by atoms with Crippen LogP contribution < -0.4 is 15.4 Å². The highest BCUT2D eigenvalue weighted by atomic mass is 16.5. The van der Waals surface area contributed by atoms with Gasteiger partial charge in [-0.05, 0) is 61.0 Å². The van der Waals surface area contributed by atoms with E-state index in [0.29, 0.717) is 5.56 Å². The standard InChI is InChI=1S/C21H24N4O2/c1-27-20-9-7-18(8-10-20)21(26)24-19-6-2-5-17(15-19)16-22-11-3-13-25-14-4-12-23-25/h2,4-10,12,14-15,22H,3,11,13,16H2,1H3,(H,24,26). The van der Waals surface area contributed by atoms with Gasteiger partial charge < -0.3 is 15.4 Å². The third kappa shape index (κ3) is 5.69. The van der Waals surface area contributed by atoms with Gasteiger partial charge in [-0.2, -0.15) is 5.10 Å². The molecule has 0 radical (unpaired) electrons. The molecule has 1 amide bonds. The summed E-state index contributed by atoms with van der Waals surface area (Å²) in [6.07, 6.45) is 4.77. The molecule has 0 saturated carbocycles. The Labute approximate surface area is 159 Å². The molecule has 140 valence electrons. The maximum atomic E-state index is 12.4. The van der Waals surface area contributed by atoms with Crippen LogP contribution in [0.2, 0.25) is 0 Å². The number of anilines is 1. The van der Waals surface area contributed by atoms with Crippen molar-refractivity contribution in [3.63, 3.8) is 0 Å². The summed E-state index contributed by atoms with van der Waals surface area (Å²) in [6, 6.07) is 16.9. The van der Waals surface area contributed by atoms with Crippen molar-refractivity contribution in [2.24, 2.45) is 0 Å². The van der Waals surface area contributed by atoms with Gasteiger partial charge >= 0.3 is 0 Å². The first-order chi connectivity index (χ1) is 13.2. The molecule has 0 fully saturated rings. The number of rotatable bonds is 9. The Morgan fingerprint density at radius 2 is 2.00 bits per heavy atom. The molecule has 0 saturated heterocycles. The second-order valence-corrected chi connectivity index (χ2v) is 6.18. The zero-order chi connectivity index (χ0) is 18.9. The maximum Gasteiger partial charge on any atom is 0.255 e. The van der Waals surface area contributed by atoms with Gasteiger partial charge in [-0.25, -0.2) is 0 Å². The number of aryl methyl sites for hydroxylation is 1. The summed E-state index contributed by atoms with van der Waals surface area (Å²) in [5.74, 6) is 0.592. The number of aromatic nitrogens is 2. The van der Waals surface area contributed by atoms with Crippen molar-refractivity contribution < 1.29 is 9.53 Å². The number of ether oxygens (including phenoxy) is 1. The first-order valence-electron chi connectivity index (χ1n) is 8.97. The van der Waals surface area contributed by atoms with E-state index in [1.807, 2.05) is 41.2 Å². The molecule has 0 bridgehead atoms. The van der Waals surface area contributed by atoms with E-state index < -0.39 is 0 Å². The Balaban J connectivity index is 1.46. The van der Waals surface area contributed by atoms with Crippen LogP contribution in [0.1, 0.15) is 22.3 Å². The van der Waals surface area contributed by atoms with E-state index in [9.17, 15) is 4.79 Å². The fourth-order valence-corrected chi connectivity index (χ4v) is 2.74. The van der Waals surface area contributed by atoms with Crippen LogP contribution in [0.15, 0.2) is 67.0 Å². The fraction of sp³-hybridized carbons (Fsp3) is 0.238. The zero-order valence-corrected chi connectivity index (χ0v) is 15.4. The lowest BCUT2D eigenvalue weighted by Gasteiger charge is -2.09. The molecule has 0 atom stereocenters. The van der Waals surface area contributed by atoms with E-state index in [-0.39, 0.29) is 5.91 Å². The van der Waals surface area contributed by atoms with E-state index in [4.69, 9.17) is 4.74 Å². The molecule has 27 heavy (non-hydrogen) atoms. The van der Waals surface area contributed by atoms with Gasteiger partial charge in [0.2, 0.25) is 0 Å². The summed E-state index contributed by atoms with van der Waals surface area (Å²) in [5, 5.41) is 10.5. The van der Waals surface area contributed by atoms with Crippen LogP contribution in [0.5, 0.6) is 5.75 Å². The van der Waals surface area contributed by atoms with Gasteiger partial charge in [-0.15, -0.1) is 0 Å². The predicted molar refractivity (Wildman–Crippen MR) is 106 cm³/mol. The minimum Gasteiger partial charge on any atom is -0.497 e. The highest BCUT2D eigenvalue weighted by Gasteiger charge is 2.06. The molecule has 6 heteroatoms. The minimum atomic E-state index is -0.137. The lowest BCUT2D eigenvalue weighted by molar-refractivity contribution is 0.102. The number of nitrogens with zero attached hydrogens (tertiary/aromatic N) is 2. The van der Waals surface area contributed by atoms with Crippen LogP contribution in [0, 0.1) is 0 Å². The van der Waals surface area contributed by atoms with E-state index in [1.165, 1.54) is 0 Å². The van der Waals surface area contributed by atoms with Crippen molar-refractivity contribution in [2.45, 2.75) is 19.5 Å². The number of methoxy groups -OCH3 is 1. The van der Waals surface area contributed by atoms with E-state index in [2.05, 4.69) is 15.7 Å². The van der Waals surface area contributed by atoms with E-state index in [1.54, 1.807) is 37.6 Å². The summed E-state index contributed by atoms with van der Waals surface area (Å²) < 4.78 is 7.04. The van der Waals surface area contributed by atoms with Crippen LogP contribution in [-0.4, -0.2) is 29.3 Å². The number of amides is 1. The number of carbonyl (C=O) groups excluding carboxylic acids is 1. The lowest BCUT2D eigenvalue weighted by Crippen LogP contribution is -2.17. The van der Waals surface area contributed by atoms with Gasteiger partial charge in [0.25, 0.3) is 5.91 Å². The largest absolute Gasteiger partial charge is 0.497 e. The zero-order valence-electron chi connectivity index (χ0n) is 15.4. The molecule has 0 aliphatic rings. The van der Waals surface area contributed by atoms with Crippen LogP contribution >= 0.6 is 0 Å². The van der Waals surface area contributed by atoms with Crippen LogP contribution in [0.25, 0.3) is 0 Å². The normalized spacial score (nSPS) is 10.6. The Hall–Kier alpha value is -3.12. The summed E-state index contributed by atoms with van der Waals surface area (Å²) in [5.41, 5.74) is 2.51. The highest BCUT2D eigenvalue weighted by Crippen LogP contribution is 2.15. The number of hydrogen-bond donors (Lipinski definition) is 2. The molecule has 0 aliphatic carbocycles. The monoisotopic (exact) mass is 364 g/mol. The molecule has 2 N–H and O–H groups in total. The fourth-order valence-electron chi connectivity index (χ4n) is 2.74. The third-order valence-electron chi connectivity index (χ3n) is 4.17. The molecule has 0 aliphatic heterocycles. The Kier molecular flexibility index (Phi) is 6.60. The summed E-state index contributed by atoms with van der Waals surface area (Å²) in [4.78, 5) is 12.4. The molecular formula is C21H24N4O2. The lowest BCUT2D eigenvalue weighted by atomic mass is 10.1. The van der Waals surface area contributed by atoms with Gasteiger partial charge in [0.05, 0.1) is 7.11 Å². The molecule has 0 unspecified atom stereocenters. The molecule has 3 aromatic rings. The van der Waals surface area contributed by atoms with Gasteiger partial charge in [-0.3, -0.25) is 9.48 Å². The summed E-state index contributed by atoms with van der Waals surface area (Å²) in [6.45, 7) is 2.56. The first kappa shape index (κ1) is 18.7. The number of benzene rings is 2. The Bertz CT molecular complexity index is 845. The first-order valence-corrected chi connectivity index (χ1v) is 8.97. The predicted octanol–water partition coefficient (Wildman–Crippen LogP) is 3.32. The smallest absolute Gasteiger partial charge is 0.255 e. The van der Waals surface area contributed by atoms with Crippen LogP contribution in [0.4, 0.5) is 5.69 Å². The van der Waals surface area contributed by atoms with Crippen molar-refractivity contribution >= 4 is 11.6 Å². The quantitative estimate of drug-likeness (QED) is 0.572. The third-order valence-corrected chi connectivity index (χ3v) is 4.17. The van der Waals surface area contributed by atoms with Crippen molar-refractivity contribution in [1.82, 2.24) is 15.1 Å². The topological polar surface area (TPSA) is 68.2 Å². The maximum absolute atomic E-state index is 12.4. The summed E-state index contributed by atoms with van der Waals surface area (Å²) in [7, 11) is 1.60.